The average Bonchev–Trinajstić information content (AvgIpc) is 3.19. The summed E-state index contributed by atoms with van der Waals surface area (Å²) < 4.78 is 19.4. The minimum absolute atomic E-state index is 0.134. The van der Waals surface area contributed by atoms with Crippen LogP contribution in [0.15, 0.2) is 39.6 Å². The summed E-state index contributed by atoms with van der Waals surface area (Å²) in [6.45, 7) is 0.159. The number of nitrogens with zero attached hydrogens (tertiary/aromatic N) is 1. The second kappa shape index (κ2) is 5.81. The second-order valence-corrected chi connectivity index (χ2v) is 6.10. The highest BCUT2D eigenvalue weighted by Gasteiger charge is 2.35. The summed E-state index contributed by atoms with van der Waals surface area (Å²) in [5.74, 6) is -0.579. The summed E-state index contributed by atoms with van der Waals surface area (Å²) in [7, 11) is 0. The molecule has 0 N–H and O–H groups in total. The first kappa shape index (κ1) is 14.6. The molecule has 0 aliphatic heterocycles. The molecule has 1 aromatic heterocycles. The highest BCUT2D eigenvalue weighted by Crippen LogP contribution is 2.33. The minimum atomic E-state index is -0.396. The number of furan rings is 1. The first-order valence-corrected chi connectivity index (χ1v) is 7.72. The molecule has 0 unspecified atom stereocenters. The van der Waals surface area contributed by atoms with Crippen LogP contribution in [0.1, 0.15) is 28.8 Å². The van der Waals surface area contributed by atoms with Crippen molar-refractivity contribution in [2.45, 2.75) is 25.4 Å². The van der Waals surface area contributed by atoms with Crippen molar-refractivity contribution >= 4 is 33.4 Å². The van der Waals surface area contributed by atoms with Gasteiger partial charge >= 0.3 is 0 Å². The summed E-state index contributed by atoms with van der Waals surface area (Å²) in [5.41, 5.74) is 0.786. The third-order valence-corrected chi connectivity index (χ3v) is 4.46. The van der Waals surface area contributed by atoms with Crippen LogP contribution >= 0.6 is 27.5 Å². The second-order valence-electron chi connectivity index (χ2n) is 4.97. The van der Waals surface area contributed by atoms with E-state index in [0.29, 0.717) is 20.8 Å². The summed E-state index contributed by atoms with van der Waals surface area (Å²) >= 11 is 9.26. The molecule has 1 amide bonds. The van der Waals surface area contributed by atoms with E-state index in [9.17, 15) is 9.18 Å². The fourth-order valence-electron chi connectivity index (χ4n) is 2.21. The normalized spacial score (nSPS) is 14.2. The van der Waals surface area contributed by atoms with Crippen LogP contribution in [-0.4, -0.2) is 16.8 Å². The molecule has 1 aromatic carbocycles. The lowest BCUT2D eigenvalue weighted by atomic mass is 10.1. The highest BCUT2D eigenvalue weighted by atomic mass is 79.9. The quantitative estimate of drug-likeness (QED) is 0.783. The summed E-state index contributed by atoms with van der Waals surface area (Å²) in [6.07, 6.45) is 3.29. The van der Waals surface area contributed by atoms with Crippen LogP contribution in [0.4, 0.5) is 4.39 Å². The van der Waals surface area contributed by atoms with Gasteiger partial charge in [0.25, 0.3) is 5.91 Å². The molecule has 2 aromatic rings. The molecule has 0 bridgehead atoms. The SMILES string of the molecule is O=C(c1ccoc1Br)N(Cc1c(F)cccc1Cl)C1CC1. The van der Waals surface area contributed by atoms with E-state index in [2.05, 4.69) is 15.9 Å². The fourth-order valence-corrected chi connectivity index (χ4v) is 2.84. The van der Waals surface area contributed by atoms with Crippen molar-refractivity contribution in [1.29, 1.82) is 0 Å². The Morgan fingerprint density at radius 3 is 2.76 bits per heavy atom. The van der Waals surface area contributed by atoms with Crippen molar-refractivity contribution in [1.82, 2.24) is 4.90 Å². The predicted molar refractivity (Wildman–Crippen MR) is 80.7 cm³/mol. The number of rotatable bonds is 4. The van der Waals surface area contributed by atoms with Gasteiger partial charge < -0.3 is 9.32 Å². The van der Waals surface area contributed by atoms with E-state index in [-0.39, 0.29) is 18.5 Å². The lowest BCUT2D eigenvalue weighted by Crippen LogP contribution is -2.33. The van der Waals surface area contributed by atoms with Crippen LogP contribution in [0.3, 0.4) is 0 Å². The highest BCUT2D eigenvalue weighted by molar-refractivity contribution is 9.10. The molecule has 0 radical (unpaired) electrons. The molecule has 1 heterocycles. The van der Waals surface area contributed by atoms with E-state index < -0.39 is 5.82 Å². The average molecular weight is 373 g/mol. The smallest absolute Gasteiger partial charge is 0.258 e. The number of amides is 1. The Hall–Kier alpha value is -1.33. The van der Waals surface area contributed by atoms with E-state index in [4.69, 9.17) is 16.0 Å². The Labute approximate surface area is 134 Å². The van der Waals surface area contributed by atoms with Crippen molar-refractivity contribution in [3.8, 4) is 0 Å². The van der Waals surface area contributed by atoms with Crippen molar-refractivity contribution in [3.05, 3.63) is 57.2 Å². The summed E-state index contributed by atoms with van der Waals surface area (Å²) in [6, 6.07) is 6.27. The molecule has 3 nitrogen and oxygen atoms in total. The molecule has 1 saturated carbocycles. The van der Waals surface area contributed by atoms with E-state index in [0.717, 1.165) is 12.8 Å². The van der Waals surface area contributed by atoms with Crippen LogP contribution in [0.25, 0.3) is 0 Å². The molecule has 0 saturated heterocycles. The van der Waals surface area contributed by atoms with Gasteiger partial charge in [0.15, 0.2) is 4.67 Å². The van der Waals surface area contributed by atoms with Gasteiger partial charge in [0, 0.05) is 16.6 Å². The zero-order valence-electron chi connectivity index (χ0n) is 11.0. The number of benzene rings is 1. The minimum Gasteiger partial charge on any atom is -0.457 e. The molecule has 1 fully saturated rings. The van der Waals surface area contributed by atoms with Gasteiger partial charge in [-0.1, -0.05) is 17.7 Å². The van der Waals surface area contributed by atoms with Gasteiger partial charge in [-0.15, -0.1) is 0 Å². The van der Waals surface area contributed by atoms with E-state index in [1.807, 2.05) is 0 Å². The Kier molecular flexibility index (Phi) is 4.04. The van der Waals surface area contributed by atoms with Crippen LogP contribution in [-0.2, 0) is 6.54 Å². The first-order chi connectivity index (χ1) is 10.1. The molecule has 1 aliphatic rings. The number of carbonyl (C=O) groups excluding carboxylic acids is 1. The number of carbonyl (C=O) groups is 1. The molecular weight excluding hydrogens is 361 g/mol. The lowest BCUT2D eigenvalue weighted by molar-refractivity contribution is 0.0726. The molecule has 1 aliphatic carbocycles. The van der Waals surface area contributed by atoms with Gasteiger partial charge in [-0.3, -0.25) is 4.79 Å². The third-order valence-electron chi connectivity index (χ3n) is 3.49. The van der Waals surface area contributed by atoms with E-state index >= 15 is 0 Å². The molecule has 0 spiro atoms. The van der Waals surface area contributed by atoms with Crippen molar-refractivity contribution in [2.24, 2.45) is 0 Å². The molecule has 0 atom stereocenters. The maximum Gasteiger partial charge on any atom is 0.258 e. The van der Waals surface area contributed by atoms with Crippen molar-refractivity contribution < 1.29 is 13.6 Å². The van der Waals surface area contributed by atoms with Crippen molar-refractivity contribution in [3.63, 3.8) is 0 Å². The largest absolute Gasteiger partial charge is 0.457 e. The molecule has 3 rings (SSSR count). The van der Waals surface area contributed by atoms with Gasteiger partial charge in [0.2, 0.25) is 0 Å². The standard InChI is InChI=1S/C15H12BrClFNO2/c16-14-10(6-7-21-14)15(20)19(9-4-5-9)8-11-12(17)2-1-3-13(11)18/h1-3,6-7,9H,4-5,8H2. The maximum atomic E-state index is 13.9. The van der Waals surface area contributed by atoms with Crippen LogP contribution in [0.2, 0.25) is 5.02 Å². The Balaban J connectivity index is 1.89. The summed E-state index contributed by atoms with van der Waals surface area (Å²) in [4.78, 5) is 14.3. The van der Waals surface area contributed by atoms with Gasteiger partial charge in [-0.2, -0.15) is 0 Å². The summed E-state index contributed by atoms with van der Waals surface area (Å²) in [5, 5.41) is 0.333. The van der Waals surface area contributed by atoms with E-state index in [1.165, 1.54) is 12.3 Å². The Morgan fingerprint density at radius 1 is 1.43 bits per heavy atom. The monoisotopic (exact) mass is 371 g/mol. The molecule has 110 valence electrons. The third kappa shape index (κ3) is 2.99. The van der Waals surface area contributed by atoms with Crippen molar-refractivity contribution in [2.75, 3.05) is 0 Å². The van der Waals surface area contributed by atoms with Gasteiger partial charge in [0.1, 0.15) is 5.82 Å². The predicted octanol–water partition coefficient (Wildman–Crippen LogP) is 4.64. The lowest BCUT2D eigenvalue weighted by Gasteiger charge is -2.23. The first-order valence-electron chi connectivity index (χ1n) is 6.55. The molecule has 21 heavy (non-hydrogen) atoms. The zero-order valence-corrected chi connectivity index (χ0v) is 13.3. The fraction of sp³-hybridized carbons (Fsp3) is 0.267. The van der Waals surface area contributed by atoms with E-state index in [1.54, 1.807) is 23.1 Å². The Morgan fingerprint density at radius 2 is 2.19 bits per heavy atom. The number of halogens is 3. The van der Waals surface area contributed by atoms with Gasteiger partial charge in [0.05, 0.1) is 18.4 Å². The number of hydrogen-bond donors (Lipinski definition) is 0. The molecular formula is C15H12BrClFNO2. The Bertz CT molecular complexity index is 664. The van der Waals surface area contributed by atoms with Crippen LogP contribution < -0.4 is 0 Å². The topological polar surface area (TPSA) is 33.5 Å². The maximum absolute atomic E-state index is 13.9. The molecule has 6 heteroatoms. The number of hydrogen-bond acceptors (Lipinski definition) is 2. The zero-order chi connectivity index (χ0) is 15.0. The van der Waals surface area contributed by atoms with Gasteiger partial charge in [-0.25, -0.2) is 4.39 Å². The van der Waals surface area contributed by atoms with Gasteiger partial charge in [-0.05, 0) is 47.0 Å². The van der Waals surface area contributed by atoms with Crippen LogP contribution in [0.5, 0.6) is 0 Å². The van der Waals surface area contributed by atoms with Crippen LogP contribution in [0, 0.1) is 5.82 Å².